The number of hydrogen-bond donors (Lipinski definition) is 1. The number of aliphatic hydroxyl groups excluding tert-OH is 1. The molecule has 1 aromatic carbocycles. The molecule has 72 valence electrons. The van der Waals surface area contributed by atoms with Crippen molar-refractivity contribution in [1.82, 2.24) is 4.57 Å². The highest BCUT2D eigenvalue weighted by Crippen LogP contribution is 2.14. The lowest BCUT2D eigenvalue weighted by Crippen LogP contribution is -2.16. The van der Waals surface area contributed by atoms with E-state index in [-0.39, 0.29) is 0 Å². The minimum Gasteiger partial charge on any atom is -0.384 e. The summed E-state index contributed by atoms with van der Waals surface area (Å²) >= 11 is 0. The predicted octanol–water partition coefficient (Wildman–Crippen LogP) is 1.20. The Balaban J connectivity index is 2.38. The molecule has 3 nitrogen and oxygen atoms in total. The first kappa shape index (κ1) is 8.97. The molecule has 0 aliphatic rings. The second-order valence-electron chi connectivity index (χ2n) is 3.23. The van der Waals surface area contributed by atoms with Gasteiger partial charge in [-0.1, -0.05) is 18.2 Å². The van der Waals surface area contributed by atoms with Crippen molar-refractivity contribution in [3.63, 3.8) is 0 Å². The Morgan fingerprint density at radius 3 is 2.93 bits per heavy atom. The van der Waals surface area contributed by atoms with E-state index in [1.807, 2.05) is 41.1 Å². The molecule has 2 rings (SSSR count). The van der Waals surface area contributed by atoms with Crippen LogP contribution in [0.4, 0.5) is 0 Å². The van der Waals surface area contributed by atoms with Crippen molar-refractivity contribution in [3.05, 3.63) is 36.5 Å². The highest BCUT2D eigenvalue weighted by atomic mass is 16.3. The summed E-state index contributed by atoms with van der Waals surface area (Å²) < 4.78 is 1.87. The molecule has 0 saturated carbocycles. The molecule has 2 aromatic rings. The van der Waals surface area contributed by atoms with Gasteiger partial charge in [-0.15, -0.1) is 0 Å². The van der Waals surface area contributed by atoms with Gasteiger partial charge in [0.2, 0.25) is 0 Å². The number of fused-ring (bicyclic) bond motifs is 1. The van der Waals surface area contributed by atoms with Crippen molar-refractivity contribution in [1.29, 1.82) is 0 Å². The minimum atomic E-state index is -0.925. The molecule has 14 heavy (non-hydrogen) atoms. The molecule has 1 N–H and O–H groups in total. The number of nitrogens with zero attached hydrogens (tertiary/aromatic N) is 1. The number of aromatic nitrogens is 1. The molecule has 0 spiro atoms. The maximum Gasteiger partial charge on any atom is 0.150 e. The molecule has 0 bridgehead atoms. The van der Waals surface area contributed by atoms with Crippen LogP contribution < -0.4 is 0 Å². The molecule has 1 unspecified atom stereocenters. The van der Waals surface area contributed by atoms with Crippen LogP contribution in [0.5, 0.6) is 0 Å². The first-order valence-electron chi connectivity index (χ1n) is 4.48. The van der Waals surface area contributed by atoms with Crippen LogP contribution >= 0.6 is 0 Å². The summed E-state index contributed by atoms with van der Waals surface area (Å²) in [4.78, 5) is 10.3. The number of benzene rings is 1. The lowest BCUT2D eigenvalue weighted by Gasteiger charge is -2.06. The number of rotatable bonds is 3. The number of para-hydroxylation sites is 1. The summed E-state index contributed by atoms with van der Waals surface area (Å²) in [5.74, 6) is 0. The highest BCUT2D eigenvalue weighted by molar-refractivity contribution is 5.80. The van der Waals surface area contributed by atoms with Crippen LogP contribution in [0.2, 0.25) is 0 Å². The lowest BCUT2D eigenvalue weighted by molar-refractivity contribution is -0.115. The summed E-state index contributed by atoms with van der Waals surface area (Å²) in [6.45, 7) is 0.316. The molecule has 0 saturated heterocycles. The largest absolute Gasteiger partial charge is 0.384 e. The Hall–Kier alpha value is -1.61. The van der Waals surface area contributed by atoms with Gasteiger partial charge in [0.05, 0.1) is 6.54 Å². The Morgan fingerprint density at radius 1 is 1.36 bits per heavy atom. The van der Waals surface area contributed by atoms with Crippen LogP contribution in [-0.2, 0) is 11.3 Å². The zero-order valence-electron chi connectivity index (χ0n) is 7.63. The number of carbonyl (C=O) groups excluding carboxylic acids is 1. The maximum absolute atomic E-state index is 10.3. The predicted molar refractivity (Wildman–Crippen MR) is 54.0 cm³/mol. The van der Waals surface area contributed by atoms with Gasteiger partial charge in [0, 0.05) is 11.7 Å². The third kappa shape index (κ3) is 1.54. The topological polar surface area (TPSA) is 42.2 Å². The fraction of sp³-hybridized carbons (Fsp3) is 0.182. The van der Waals surface area contributed by atoms with E-state index in [4.69, 9.17) is 0 Å². The molecule has 1 aromatic heterocycles. The SMILES string of the molecule is O=CC(O)Cn1ccc2ccccc21. The van der Waals surface area contributed by atoms with E-state index in [2.05, 4.69) is 0 Å². The van der Waals surface area contributed by atoms with Gasteiger partial charge in [-0.2, -0.15) is 0 Å². The van der Waals surface area contributed by atoms with Crippen molar-refractivity contribution in [2.24, 2.45) is 0 Å². The van der Waals surface area contributed by atoms with E-state index in [0.29, 0.717) is 12.8 Å². The molecule has 0 aliphatic carbocycles. The molecular weight excluding hydrogens is 178 g/mol. The summed E-state index contributed by atoms with van der Waals surface area (Å²) in [5, 5.41) is 10.3. The second kappa shape index (κ2) is 3.64. The Morgan fingerprint density at radius 2 is 2.14 bits per heavy atom. The number of aliphatic hydroxyl groups is 1. The van der Waals surface area contributed by atoms with Crippen molar-refractivity contribution in [2.45, 2.75) is 12.6 Å². The van der Waals surface area contributed by atoms with Crippen LogP contribution in [0.3, 0.4) is 0 Å². The Labute approximate surface area is 81.6 Å². The maximum atomic E-state index is 10.3. The highest BCUT2D eigenvalue weighted by Gasteiger charge is 2.05. The number of aldehydes is 1. The molecule has 3 heteroatoms. The van der Waals surface area contributed by atoms with Crippen LogP contribution in [-0.4, -0.2) is 22.1 Å². The molecule has 1 atom stereocenters. The first-order valence-corrected chi connectivity index (χ1v) is 4.48. The third-order valence-corrected chi connectivity index (χ3v) is 2.22. The van der Waals surface area contributed by atoms with Crippen molar-refractivity contribution >= 4 is 17.2 Å². The van der Waals surface area contributed by atoms with Crippen molar-refractivity contribution in [3.8, 4) is 0 Å². The van der Waals surface area contributed by atoms with E-state index in [9.17, 15) is 9.90 Å². The first-order chi connectivity index (χ1) is 6.81. The van der Waals surface area contributed by atoms with Crippen LogP contribution in [0.25, 0.3) is 10.9 Å². The second-order valence-corrected chi connectivity index (χ2v) is 3.23. The van der Waals surface area contributed by atoms with Gasteiger partial charge in [-0.3, -0.25) is 0 Å². The zero-order valence-corrected chi connectivity index (χ0v) is 7.63. The van der Waals surface area contributed by atoms with Gasteiger partial charge in [-0.25, -0.2) is 0 Å². The summed E-state index contributed by atoms with van der Waals surface area (Å²) in [6.07, 6.45) is 1.50. The summed E-state index contributed by atoms with van der Waals surface area (Å²) in [7, 11) is 0. The Bertz CT molecular complexity index is 447. The summed E-state index contributed by atoms with van der Waals surface area (Å²) in [6, 6.07) is 9.83. The summed E-state index contributed by atoms with van der Waals surface area (Å²) in [5.41, 5.74) is 1.04. The number of carbonyl (C=O) groups is 1. The van der Waals surface area contributed by atoms with E-state index in [1.165, 1.54) is 0 Å². The van der Waals surface area contributed by atoms with Gasteiger partial charge >= 0.3 is 0 Å². The van der Waals surface area contributed by atoms with Gasteiger partial charge in [-0.05, 0) is 17.5 Å². The zero-order chi connectivity index (χ0) is 9.97. The average Bonchev–Trinajstić information content (AvgIpc) is 2.62. The molecule has 0 radical (unpaired) electrons. The van der Waals surface area contributed by atoms with Crippen molar-refractivity contribution < 1.29 is 9.90 Å². The Kier molecular flexibility index (Phi) is 2.33. The van der Waals surface area contributed by atoms with Crippen LogP contribution in [0.15, 0.2) is 36.5 Å². The van der Waals surface area contributed by atoms with E-state index in [1.54, 1.807) is 0 Å². The molecule has 1 heterocycles. The van der Waals surface area contributed by atoms with E-state index >= 15 is 0 Å². The van der Waals surface area contributed by atoms with Crippen LogP contribution in [0, 0.1) is 0 Å². The lowest BCUT2D eigenvalue weighted by atomic mass is 10.2. The molecule has 0 fully saturated rings. The van der Waals surface area contributed by atoms with Gasteiger partial charge in [0.1, 0.15) is 12.4 Å². The third-order valence-electron chi connectivity index (χ3n) is 2.22. The monoisotopic (exact) mass is 189 g/mol. The molecular formula is C11H11NO2. The smallest absolute Gasteiger partial charge is 0.150 e. The quantitative estimate of drug-likeness (QED) is 0.737. The molecule has 0 aliphatic heterocycles. The average molecular weight is 189 g/mol. The fourth-order valence-corrected chi connectivity index (χ4v) is 1.54. The molecule has 0 amide bonds. The van der Waals surface area contributed by atoms with Crippen molar-refractivity contribution in [2.75, 3.05) is 0 Å². The van der Waals surface area contributed by atoms with E-state index < -0.39 is 6.10 Å². The fourth-order valence-electron chi connectivity index (χ4n) is 1.54. The van der Waals surface area contributed by atoms with Gasteiger partial charge in [0.25, 0.3) is 0 Å². The van der Waals surface area contributed by atoms with Crippen LogP contribution in [0.1, 0.15) is 0 Å². The van der Waals surface area contributed by atoms with Gasteiger partial charge < -0.3 is 14.5 Å². The van der Waals surface area contributed by atoms with E-state index in [0.717, 1.165) is 10.9 Å². The number of hydrogen-bond acceptors (Lipinski definition) is 2. The van der Waals surface area contributed by atoms with Gasteiger partial charge in [0.15, 0.2) is 0 Å². The standard InChI is InChI=1S/C11H11NO2/c13-8-10(14)7-12-6-5-9-3-1-2-4-11(9)12/h1-6,8,10,14H,7H2. The minimum absolute atomic E-state index is 0.316. The normalized spacial score (nSPS) is 12.9.